The predicted molar refractivity (Wildman–Crippen MR) is 126 cm³/mol. The van der Waals surface area contributed by atoms with Crippen LogP contribution in [0.4, 0.5) is 13.2 Å². The van der Waals surface area contributed by atoms with Gasteiger partial charge in [-0.25, -0.2) is 0 Å². The Kier molecular flexibility index (Phi) is 10.7. The molecule has 178 valence electrons. The van der Waals surface area contributed by atoms with E-state index >= 15 is 0 Å². The molecule has 0 radical (unpaired) electrons. The van der Waals surface area contributed by atoms with E-state index in [9.17, 15) is 13.2 Å². The molecule has 0 aromatic heterocycles. The maximum absolute atomic E-state index is 13.6. The fraction of sp³-hybridized carbons (Fsp3) is 0.680. The van der Waals surface area contributed by atoms with E-state index < -0.39 is 11.7 Å². The molecule has 1 aliphatic carbocycles. The Morgan fingerprint density at radius 2 is 1.81 bits per heavy atom. The zero-order chi connectivity index (χ0) is 23.8. The smallest absolute Gasteiger partial charge is 0.421 e. The lowest BCUT2D eigenvalue weighted by Gasteiger charge is -2.35. The Morgan fingerprint density at radius 3 is 2.26 bits per heavy atom. The zero-order valence-electron chi connectivity index (χ0n) is 19.9. The number of halogens is 4. The molecule has 2 nitrogen and oxygen atoms in total. The highest BCUT2D eigenvalue weighted by molar-refractivity contribution is 6.31. The van der Waals surface area contributed by atoms with Gasteiger partial charge >= 0.3 is 6.18 Å². The van der Waals surface area contributed by atoms with Crippen molar-refractivity contribution in [1.29, 1.82) is 0 Å². The average molecular weight is 462 g/mol. The van der Waals surface area contributed by atoms with Crippen LogP contribution in [0.5, 0.6) is 5.75 Å². The minimum atomic E-state index is -4.60. The summed E-state index contributed by atoms with van der Waals surface area (Å²) in [5, 5.41) is 3.15. The van der Waals surface area contributed by atoms with Crippen molar-refractivity contribution in [3.63, 3.8) is 0 Å². The molecule has 2 unspecified atom stereocenters. The number of hydrogen-bond donors (Lipinski definition) is 1. The van der Waals surface area contributed by atoms with Crippen LogP contribution in [0, 0.1) is 11.3 Å². The van der Waals surface area contributed by atoms with E-state index in [0.29, 0.717) is 17.2 Å². The van der Waals surface area contributed by atoms with Crippen molar-refractivity contribution in [3.8, 4) is 5.75 Å². The van der Waals surface area contributed by atoms with Crippen molar-refractivity contribution in [3.05, 3.63) is 34.9 Å². The van der Waals surface area contributed by atoms with E-state index in [2.05, 4.69) is 32.7 Å². The van der Waals surface area contributed by atoms with E-state index in [0.717, 1.165) is 44.9 Å². The highest BCUT2D eigenvalue weighted by atomic mass is 35.5. The molecule has 2 atom stereocenters. The van der Waals surface area contributed by atoms with Gasteiger partial charge in [0, 0.05) is 17.3 Å². The second-order valence-electron chi connectivity index (χ2n) is 8.45. The van der Waals surface area contributed by atoms with E-state index in [4.69, 9.17) is 16.3 Å². The summed E-state index contributed by atoms with van der Waals surface area (Å²) in [4.78, 5) is 0. The molecule has 0 spiro atoms. The molecule has 0 heterocycles. The van der Waals surface area contributed by atoms with Crippen LogP contribution >= 0.6 is 11.6 Å². The number of hydrogen-bond acceptors (Lipinski definition) is 2. The summed E-state index contributed by atoms with van der Waals surface area (Å²) in [5.41, 5.74) is -0.0281. The molecule has 6 heteroatoms. The average Bonchev–Trinajstić information content (AvgIpc) is 3.47. The summed E-state index contributed by atoms with van der Waals surface area (Å²) in [5.74, 6) is 0.187. The van der Waals surface area contributed by atoms with Crippen LogP contribution < -0.4 is 10.1 Å². The number of alkyl halides is 3. The first kappa shape index (κ1) is 27.7. The maximum Gasteiger partial charge on any atom is 0.421 e. The van der Waals surface area contributed by atoms with Gasteiger partial charge in [0.25, 0.3) is 0 Å². The number of methoxy groups -OCH3 is 1. The van der Waals surface area contributed by atoms with E-state index in [1.807, 2.05) is 13.8 Å². The third-order valence-electron chi connectivity index (χ3n) is 6.10. The quantitative estimate of drug-likeness (QED) is 0.355. The normalized spacial score (nSPS) is 16.6. The van der Waals surface area contributed by atoms with Gasteiger partial charge < -0.3 is 10.1 Å². The number of rotatable bonds is 11. The van der Waals surface area contributed by atoms with Crippen molar-refractivity contribution < 1.29 is 17.9 Å². The van der Waals surface area contributed by atoms with Crippen molar-refractivity contribution in [2.75, 3.05) is 7.11 Å². The maximum atomic E-state index is 13.6. The standard InChI is InChI=1S/C23H33ClF3NO.C2H6/c1-6-8-10-16(9-7-2)21(22(4)13-14-22)28-15(3)17-11-12-18(24)19(20(17)29-5)23(25,26)27;1-2/h11-12,16,21,28H,3,6-10,13-14H2,1-2,4-5H3;1-2H3. The molecular formula is C25H39ClF3NO. The molecule has 0 saturated heterocycles. The predicted octanol–water partition coefficient (Wildman–Crippen LogP) is 8.73. The van der Waals surface area contributed by atoms with Crippen LogP contribution in [0.1, 0.15) is 90.7 Å². The Labute approximate surface area is 191 Å². The fourth-order valence-electron chi connectivity index (χ4n) is 4.22. The third-order valence-corrected chi connectivity index (χ3v) is 6.41. The minimum absolute atomic E-state index is 0.156. The third kappa shape index (κ3) is 7.06. The molecule has 0 amide bonds. The zero-order valence-corrected chi connectivity index (χ0v) is 20.6. The van der Waals surface area contributed by atoms with Crippen molar-refractivity contribution in [2.24, 2.45) is 11.3 Å². The molecule has 0 bridgehead atoms. The lowest BCUT2D eigenvalue weighted by molar-refractivity contribution is -0.138. The van der Waals surface area contributed by atoms with Crippen molar-refractivity contribution >= 4 is 17.3 Å². The lowest BCUT2D eigenvalue weighted by atomic mass is 9.80. The number of unbranched alkanes of at least 4 members (excludes halogenated alkanes) is 1. The summed E-state index contributed by atoms with van der Waals surface area (Å²) in [7, 11) is 1.23. The first-order chi connectivity index (χ1) is 14.6. The Morgan fingerprint density at radius 1 is 1.19 bits per heavy atom. The summed E-state index contributed by atoms with van der Waals surface area (Å²) in [6.45, 7) is 14.7. The van der Waals surface area contributed by atoms with Crippen LogP contribution in [-0.2, 0) is 6.18 Å². The first-order valence-electron chi connectivity index (χ1n) is 11.5. The Hall–Kier alpha value is -1.36. The van der Waals surface area contributed by atoms with Gasteiger partial charge in [0.2, 0.25) is 0 Å². The summed E-state index contributed by atoms with van der Waals surface area (Å²) in [6, 6.07) is 3.00. The first-order valence-corrected chi connectivity index (χ1v) is 11.9. The summed E-state index contributed by atoms with van der Waals surface area (Å²) < 4.78 is 45.8. The second kappa shape index (κ2) is 12.0. The topological polar surface area (TPSA) is 21.3 Å². The van der Waals surface area contributed by atoms with Gasteiger partial charge in [-0.3, -0.25) is 0 Å². The molecule has 31 heavy (non-hydrogen) atoms. The molecule has 1 N–H and O–H groups in total. The highest BCUT2D eigenvalue weighted by Crippen LogP contribution is 2.52. The molecule has 0 aliphatic heterocycles. The molecule has 1 aromatic rings. The van der Waals surface area contributed by atoms with Crippen LogP contribution in [0.25, 0.3) is 5.70 Å². The van der Waals surface area contributed by atoms with Gasteiger partial charge in [0.05, 0.1) is 12.1 Å². The van der Waals surface area contributed by atoms with Crippen LogP contribution in [0.2, 0.25) is 5.02 Å². The summed E-state index contributed by atoms with van der Waals surface area (Å²) >= 11 is 5.86. The minimum Gasteiger partial charge on any atom is -0.495 e. The molecule has 2 rings (SSSR count). The van der Waals surface area contributed by atoms with E-state index in [1.54, 1.807) is 6.07 Å². The SMILES string of the molecule is C=C(NC(C(CCC)CCCC)C1(C)CC1)c1ccc(Cl)c(C(F)(F)F)c1OC.CC. The molecule has 1 aromatic carbocycles. The molecular weight excluding hydrogens is 423 g/mol. The number of nitrogens with one attached hydrogen (secondary N) is 1. The van der Waals surface area contributed by atoms with Crippen LogP contribution in [-0.4, -0.2) is 13.2 Å². The van der Waals surface area contributed by atoms with Gasteiger partial charge in [-0.05, 0) is 49.1 Å². The van der Waals surface area contributed by atoms with Gasteiger partial charge in [-0.1, -0.05) is 72.1 Å². The van der Waals surface area contributed by atoms with Gasteiger partial charge in [0.1, 0.15) is 11.3 Å². The van der Waals surface area contributed by atoms with Gasteiger partial charge in [0.15, 0.2) is 0 Å². The second-order valence-corrected chi connectivity index (χ2v) is 8.85. The van der Waals surface area contributed by atoms with E-state index in [-0.39, 0.29) is 22.2 Å². The molecule has 1 saturated carbocycles. The lowest BCUT2D eigenvalue weighted by Crippen LogP contribution is -2.41. The Bertz CT molecular complexity index is 713. The fourth-order valence-corrected chi connectivity index (χ4v) is 4.48. The monoisotopic (exact) mass is 461 g/mol. The summed E-state index contributed by atoms with van der Waals surface area (Å²) in [6.07, 6.45) is 3.19. The van der Waals surface area contributed by atoms with Crippen molar-refractivity contribution in [1.82, 2.24) is 5.32 Å². The van der Waals surface area contributed by atoms with Crippen LogP contribution in [0.3, 0.4) is 0 Å². The highest BCUT2D eigenvalue weighted by Gasteiger charge is 2.48. The van der Waals surface area contributed by atoms with E-state index in [1.165, 1.54) is 13.2 Å². The van der Waals surface area contributed by atoms with Crippen LogP contribution in [0.15, 0.2) is 18.7 Å². The number of benzene rings is 1. The number of ether oxygens (including phenoxy) is 1. The molecule has 1 aliphatic rings. The molecule has 1 fully saturated rings. The van der Waals surface area contributed by atoms with Gasteiger partial charge in [-0.2, -0.15) is 13.2 Å². The van der Waals surface area contributed by atoms with Crippen molar-refractivity contribution in [2.45, 2.75) is 91.8 Å². The largest absolute Gasteiger partial charge is 0.495 e. The van der Waals surface area contributed by atoms with Gasteiger partial charge in [-0.15, -0.1) is 0 Å². The Balaban J connectivity index is 0.00000233.